The van der Waals surface area contributed by atoms with Crippen molar-refractivity contribution in [3.8, 4) is 0 Å². The van der Waals surface area contributed by atoms with Crippen LogP contribution in [0.4, 0.5) is 0 Å². The van der Waals surface area contributed by atoms with Gasteiger partial charge in [-0.05, 0) is 30.0 Å². The summed E-state index contributed by atoms with van der Waals surface area (Å²) in [4.78, 5) is 15.1. The van der Waals surface area contributed by atoms with Gasteiger partial charge in [0.25, 0.3) is 0 Å². The molecule has 3 N–H and O–H groups in total. The normalized spacial score (nSPS) is 12.8. The molecule has 0 saturated heterocycles. The van der Waals surface area contributed by atoms with E-state index in [1.807, 2.05) is 39.1 Å². The minimum atomic E-state index is -0.496. The van der Waals surface area contributed by atoms with E-state index in [0.29, 0.717) is 13.0 Å². The molecule has 0 bridgehead atoms. The van der Waals surface area contributed by atoms with E-state index >= 15 is 0 Å². The Morgan fingerprint density at radius 1 is 1.40 bits per heavy atom. The van der Waals surface area contributed by atoms with Crippen LogP contribution >= 0.6 is 0 Å². The fourth-order valence-electron chi connectivity index (χ4n) is 2.14. The largest absolute Gasteiger partial charge is 0.391 e. The van der Waals surface area contributed by atoms with Crippen molar-refractivity contribution in [1.29, 1.82) is 0 Å². The van der Waals surface area contributed by atoms with E-state index in [0.717, 1.165) is 16.5 Å². The lowest BCUT2D eigenvalue weighted by Crippen LogP contribution is -2.35. The third-order valence-corrected chi connectivity index (χ3v) is 3.55. The van der Waals surface area contributed by atoms with E-state index in [2.05, 4.69) is 16.4 Å². The van der Waals surface area contributed by atoms with Crippen molar-refractivity contribution in [3.05, 3.63) is 35.5 Å². The number of fused-ring (bicyclic) bond motifs is 1. The molecule has 0 fully saturated rings. The molecule has 1 atom stereocenters. The van der Waals surface area contributed by atoms with Crippen molar-refractivity contribution < 1.29 is 9.90 Å². The number of aromatic amines is 1. The number of carbonyl (C=O) groups excluding carboxylic acids is 1. The van der Waals surface area contributed by atoms with Crippen LogP contribution < -0.4 is 5.32 Å². The Bertz CT molecular complexity index is 602. The highest BCUT2D eigenvalue weighted by atomic mass is 16.3. The fraction of sp³-hybridized carbons (Fsp3) is 0.438. The molecule has 0 aliphatic rings. The first-order valence-corrected chi connectivity index (χ1v) is 6.98. The molecular formula is C16H22N2O2. The van der Waals surface area contributed by atoms with Gasteiger partial charge in [-0.25, -0.2) is 0 Å². The van der Waals surface area contributed by atoms with E-state index < -0.39 is 6.10 Å². The number of hydrogen-bond donors (Lipinski definition) is 3. The lowest BCUT2D eigenvalue weighted by molar-refractivity contribution is -0.121. The van der Waals surface area contributed by atoms with Gasteiger partial charge in [-0.1, -0.05) is 26.0 Å². The number of H-pyrrole nitrogens is 1. The summed E-state index contributed by atoms with van der Waals surface area (Å²) in [5.41, 5.74) is 3.22. The quantitative estimate of drug-likeness (QED) is 0.782. The topological polar surface area (TPSA) is 65.1 Å². The van der Waals surface area contributed by atoms with Crippen molar-refractivity contribution in [3.63, 3.8) is 0 Å². The highest BCUT2D eigenvalue weighted by Gasteiger charge is 2.12. The standard InChI is InChI=1S/C16H22N2O2/c1-10(2)15(19)9-18-16(20)7-12-8-17-14-6-11(3)4-5-13(12)14/h4-6,8,10,15,17,19H,7,9H2,1-3H3,(H,18,20). The second kappa shape index (κ2) is 6.09. The lowest BCUT2D eigenvalue weighted by Gasteiger charge is -2.14. The first-order chi connectivity index (χ1) is 9.47. The maximum absolute atomic E-state index is 11.9. The first kappa shape index (κ1) is 14.6. The van der Waals surface area contributed by atoms with Gasteiger partial charge in [0, 0.05) is 23.6 Å². The number of aliphatic hydroxyl groups is 1. The van der Waals surface area contributed by atoms with Crippen molar-refractivity contribution in [2.24, 2.45) is 5.92 Å². The Hall–Kier alpha value is -1.81. The van der Waals surface area contributed by atoms with Gasteiger partial charge in [0.15, 0.2) is 0 Å². The maximum atomic E-state index is 11.9. The van der Waals surface area contributed by atoms with Crippen molar-refractivity contribution in [2.45, 2.75) is 33.3 Å². The molecule has 1 amide bonds. The molecule has 1 aromatic heterocycles. The van der Waals surface area contributed by atoms with Gasteiger partial charge in [-0.3, -0.25) is 4.79 Å². The Morgan fingerprint density at radius 2 is 2.15 bits per heavy atom. The van der Waals surface area contributed by atoms with Crippen LogP contribution in [0, 0.1) is 12.8 Å². The Labute approximate surface area is 119 Å². The molecule has 4 heteroatoms. The van der Waals surface area contributed by atoms with Crippen LogP contribution in [-0.4, -0.2) is 28.6 Å². The Morgan fingerprint density at radius 3 is 2.85 bits per heavy atom. The summed E-state index contributed by atoms with van der Waals surface area (Å²) in [5, 5.41) is 13.5. The van der Waals surface area contributed by atoms with Gasteiger partial charge in [-0.2, -0.15) is 0 Å². The van der Waals surface area contributed by atoms with E-state index in [1.165, 1.54) is 5.56 Å². The second-order valence-electron chi connectivity index (χ2n) is 5.66. The van der Waals surface area contributed by atoms with Gasteiger partial charge in [-0.15, -0.1) is 0 Å². The molecule has 0 aliphatic heterocycles. The fourth-order valence-corrected chi connectivity index (χ4v) is 2.14. The van der Waals surface area contributed by atoms with Crippen molar-refractivity contribution >= 4 is 16.8 Å². The van der Waals surface area contributed by atoms with E-state index in [4.69, 9.17) is 0 Å². The van der Waals surface area contributed by atoms with Gasteiger partial charge in [0.1, 0.15) is 0 Å². The summed E-state index contributed by atoms with van der Waals surface area (Å²) in [6.07, 6.45) is 1.71. The first-order valence-electron chi connectivity index (χ1n) is 6.98. The maximum Gasteiger partial charge on any atom is 0.224 e. The number of benzene rings is 1. The number of rotatable bonds is 5. The summed E-state index contributed by atoms with van der Waals surface area (Å²) in [6, 6.07) is 6.14. The third kappa shape index (κ3) is 3.39. The van der Waals surface area contributed by atoms with Crippen molar-refractivity contribution in [1.82, 2.24) is 10.3 Å². The van der Waals surface area contributed by atoms with Crippen LogP contribution in [0.15, 0.2) is 24.4 Å². The minimum Gasteiger partial charge on any atom is -0.391 e. The number of carbonyl (C=O) groups is 1. The second-order valence-corrected chi connectivity index (χ2v) is 5.66. The average molecular weight is 274 g/mol. The third-order valence-electron chi connectivity index (χ3n) is 3.55. The van der Waals surface area contributed by atoms with E-state index in [9.17, 15) is 9.90 Å². The molecule has 1 heterocycles. The number of amides is 1. The van der Waals surface area contributed by atoms with Crippen LogP contribution in [0.2, 0.25) is 0 Å². The average Bonchev–Trinajstić information content (AvgIpc) is 2.78. The molecule has 0 radical (unpaired) electrons. The molecule has 20 heavy (non-hydrogen) atoms. The minimum absolute atomic E-state index is 0.0637. The molecule has 2 aromatic rings. The van der Waals surface area contributed by atoms with Gasteiger partial charge in [0.05, 0.1) is 12.5 Å². The number of nitrogens with one attached hydrogen (secondary N) is 2. The number of hydrogen-bond acceptors (Lipinski definition) is 2. The van der Waals surface area contributed by atoms with Gasteiger partial charge >= 0.3 is 0 Å². The van der Waals surface area contributed by atoms with Crippen LogP contribution in [0.25, 0.3) is 10.9 Å². The molecular weight excluding hydrogens is 252 g/mol. The summed E-state index contributed by atoms with van der Waals surface area (Å²) >= 11 is 0. The van der Waals surface area contributed by atoms with E-state index in [1.54, 1.807) is 0 Å². The predicted molar refractivity (Wildman–Crippen MR) is 80.6 cm³/mol. The van der Waals surface area contributed by atoms with Crippen LogP contribution in [0.5, 0.6) is 0 Å². The molecule has 0 spiro atoms. The zero-order valence-electron chi connectivity index (χ0n) is 12.2. The number of aliphatic hydroxyl groups excluding tert-OH is 1. The molecule has 0 aliphatic carbocycles. The monoisotopic (exact) mass is 274 g/mol. The Kier molecular flexibility index (Phi) is 4.45. The predicted octanol–water partition coefficient (Wildman–Crippen LogP) is 2.15. The SMILES string of the molecule is Cc1ccc2c(CC(=O)NCC(O)C(C)C)c[nH]c2c1. The Balaban J connectivity index is 2.00. The highest BCUT2D eigenvalue weighted by Crippen LogP contribution is 2.19. The summed E-state index contributed by atoms with van der Waals surface area (Å²) in [6.45, 7) is 6.20. The van der Waals surface area contributed by atoms with Crippen LogP contribution in [0.1, 0.15) is 25.0 Å². The lowest BCUT2D eigenvalue weighted by atomic mass is 10.1. The smallest absolute Gasteiger partial charge is 0.224 e. The van der Waals surface area contributed by atoms with Crippen molar-refractivity contribution in [2.75, 3.05) is 6.54 Å². The number of aryl methyl sites for hydroxylation is 1. The highest BCUT2D eigenvalue weighted by molar-refractivity contribution is 5.89. The van der Waals surface area contributed by atoms with Gasteiger partial charge < -0.3 is 15.4 Å². The molecule has 1 aromatic carbocycles. The zero-order chi connectivity index (χ0) is 14.7. The summed E-state index contributed by atoms with van der Waals surface area (Å²) < 4.78 is 0. The number of aromatic nitrogens is 1. The molecule has 108 valence electrons. The molecule has 1 unspecified atom stereocenters. The van der Waals surface area contributed by atoms with Crippen LogP contribution in [0.3, 0.4) is 0 Å². The summed E-state index contributed by atoms with van der Waals surface area (Å²) in [7, 11) is 0. The van der Waals surface area contributed by atoms with Crippen LogP contribution in [-0.2, 0) is 11.2 Å². The summed E-state index contributed by atoms with van der Waals surface area (Å²) in [5.74, 6) is 0.0811. The molecule has 0 saturated carbocycles. The molecule has 2 rings (SSSR count). The zero-order valence-corrected chi connectivity index (χ0v) is 12.2. The molecule has 4 nitrogen and oxygen atoms in total. The van der Waals surface area contributed by atoms with E-state index in [-0.39, 0.29) is 11.8 Å². The van der Waals surface area contributed by atoms with Gasteiger partial charge in [0.2, 0.25) is 5.91 Å².